The SMILES string of the molecule is CCN(CC1CC1)[C@@H]1C(=O)c2ccc(N3CCN(CCOCCOCCOC)CC3)cc2C(C)(C)[C@H]1C. The third-order valence-corrected chi connectivity index (χ3v) is 8.93. The molecule has 1 aromatic rings. The molecule has 7 heteroatoms. The number of anilines is 1. The van der Waals surface area contributed by atoms with Crippen LogP contribution in [0.4, 0.5) is 5.69 Å². The van der Waals surface area contributed by atoms with Gasteiger partial charge in [0.2, 0.25) is 0 Å². The summed E-state index contributed by atoms with van der Waals surface area (Å²) < 4.78 is 16.2. The largest absolute Gasteiger partial charge is 0.382 e. The lowest BCUT2D eigenvalue weighted by molar-refractivity contribution is 0.0192. The summed E-state index contributed by atoms with van der Waals surface area (Å²) >= 11 is 0. The molecule has 1 saturated heterocycles. The highest BCUT2D eigenvalue weighted by Crippen LogP contribution is 2.45. The quantitative estimate of drug-likeness (QED) is 0.350. The lowest BCUT2D eigenvalue weighted by Gasteiger charge is -2.47. The first kappa shape index (κ1) is 28.5. The van der Waals surface area contributed by atoms with Gasteiger partial charge in [0.15, 0.2) is 5.78 Å². The number of hydrogen-bond acceptors (Lipinski definition) is 7. The van der Waals surface area contributed by atoms with Crippen LogP contribution in [0.15, 0.2) is 18.2 Å². The fraction of sp³-hybridized carbons (Fsp3) is 0.767. The van der Waals surface area contributed by atoms with Crippen molar-refractivity contribution in [3.8, 4) is 0 Å². The fourth-order valence-electron chi connectivity index (χ4n) is 5.94. The van der Waals surface area contributed by atoms with Crippen LogP contribution in [0.2, 0.25) is 0 Å². The van der Waals surface area contributed by atoms with Gasteiger partial charge in [-0.2, -0.15) is 0 Å². The van der Waals surface area contributed by atoms with Gasteiger partial charge in [0, 0.05) is 57.6 Å². The van der Waals surface area contributed by atoms with Crippen LogP contribution in [0, 0.1) is 11.8 Å². The molecule has 37 heavy (non-hydrogen) atoms. The molecule has 2 aliphatic carbocycles. The maximum absolute atomic E-state index is 13.8. The molecule has 0 spiro atoms. The molecule has 3 aliphatic rings. The van der Waals surface area contributed by atoms with Gasteiger partial charge in [0.25, 0.3) is 0 Å². The van der Waals surface area contributed by atoms with Gasteiger partial charge in [-0.25, -0.2) is 0 Å². The molecule has 0 amide bonds. The number of rotatable bonds is 14. The maximum atomic E-state index is 13.8. The monoisotopic (exact) mass is 515 g/mol. The number of ether oxygens (including phenoxy) is 3. The van der Waals surface area contributed by atoms with E-state index in [9.17, 15) is 4.79 Å². The molecule has 0 unspecified atom stereocenters. The number of carbonyl (C=O) groups excluding carboxylic acids is 1. The Labute approximate surface area is 224 Å². The number of carbonyl (C=O) groups is 1. The lowest BCUT2D eigenvalue weighted by atomic mass is 9.63. The molecule has 2 atom stereocenters. The van der Waals surface area contributed by atoms with Crippen molar-refractivity contribution in [1.82, 2.24) is 9.80 Å². The van der Waals surface area contributed by atoms with Crippen molar-refractivity contribution in [2.45, 2.75) is 52.0 Å². The number of likely N-dealkylation sites (N-methyl/N-ethyl adjacent to an activating group) is 1. The summed E-state index contributed by atoms with van der Waals surface area (Å²) in [7, 11) is 1.68. The van der Waals surface area contributed by atoms with Gasteiger partial charge in [-0.05, 0) is 60.4 Å². The van der Waals surface area contributed by atoms with Crippen molar-refractivity contribution >= 4 is 11.5 Å². The fourth-order valence-corrected chi connectivity index (χ4v) is 5.94. The molecular weight excluding hydrogens is 466 g/mol. The summed E-state index contributed by atoms with van der Waals surface area (Å²) in [6.07, 6.45) is 2.64. The van der Waals surface area contributed by atoms with Crippen molar-refractivity contribution < 1.29 is 19.0 Å². The van der Waals surface area contributed by atoms with Crippen LogP contribution in [-0.2, 0) is 19.6 Å². The van der Waals surface area contributed by atoms with Gasteiger partial charge in [-0.1, -0.05) is 27.7 Å². The van der Waals surface area contributed by atoms with E-state index in [1.54, 1.807) is 7.11 Å². The lowest BCUT2D eigenvalue weighted by Crippen LogP contribution is -2.55. The van der Waals surface area contributed by atoms with Crippen LogP contribution in [-0.4, -0.2) is 108 Å². The van der Waals surface area contributed by atoms with Crippen LogP contribution >= 0.6 is 0 Å². The van der Waals surface area contributed by atoms with E-state index in [2.05, 4.69) is 60.6 Å². The molecular formula is C30H49N3O4. The van der Waals surface area contributed by atoms with E-state index in [0.717, 1.165) is 63.9 Å². The predicted octanol–water partition coefficient (Wildman–Crippen LogP) is 3.70. The molecule has 2 fully saturated rings. The molecule has 0 aromatic heterocycles. The van der Waals surface area contributed by atoms with Gasteiger partial charge in [-0.15, -0.1) is 0 Å². The number of ketones is 1. The van der Waals surface area contributed by atoms with Gasteiger partial charge in [0.05, 0.1) is 39.1 Å². The van der Waals surface area contributed by atoms with E-state index >= 15 is 0 Å². The summed E-state index contributed by atoms with van der Waals surface area (Å²) in [5.74, 6) is 1.39. The van der Waals surface area contributed by atoms with E-state index in [-0.39, 0.29) is 17.4 Å². The highest BCUT2D eigenvalue weighted by Gasteiger charge is 2.47. The van der Waals surface area contributed by atoms with Gasteiger partial charge in [-0.3, -0.25) is 14.6 Å². The Bertz CT molecular complexity index is 880. The van der Waals surface area contributed by atoms with E-state index in [1.165, 1.54) is 24.1 Å². The molecule has 7 nitrogen and oxygen atoms in total. The Morgan fingerprint density at radius 1 is 1.00 bits per heavy atom. The molecule has 1 aliphatic heterocycles. The minimum atomic E-state index is -0.0483. The number of Topliss-reactive ketones (excluding diaryl/α,β-unsaturated/α-hetero) is 1. The molecule has 4 rings (SSSR count). The average Bonchev–Trinajstić information content (AvgIpc) is 3.73. The normalized spacial score (nSPS) is 24.1. The van der Waals surface area contributed by atoms with Crippen LogP contribution in [0.1, 0.15) is 56.5 Å². The number of fused-ring (bicyclic) bond motifs is 1. The van der Waals surface area contributed by atoms with Crippen molar-refractivity contribution in [2.75, 3.05) is 90.9 Å². The van der Waals surface area contributed by atoms with Crippen LogP contribution < -0.4 is 4.90 Å². The van der Waals surface area contributed by atoms with Crippen LogP contribution in [0.25, 0.3) is 0 Å². The summed E-state index contributed by atoms with van der Waals surface area (Å²) in [5.41, 5.74) is 3.37. The standard InChI is InChI=1S/C30H49N3O4/c1-6-32(22-24-7-8-24)28-23(2)30(3,4)27-21-25(9-10-26(27)29(28)34)33-13-11-31(12-14-33)15-16-36-19-20-37-18-17-35-5/h9-10,21,23-24,28H,6-8,11-20,22H2,1-5H3/t23-,28-/m0/s1. The second kappa shape index (κ2) is 13.0. The molecule has 208 valence electrons. The highest BCUT2D eigenvalue weighted by atomic mass is 16.5. The first-order valence-corrected chi connectivity index (χ1v) is 14.4. The van der Waals surface area contributed by atoms with E-state index in [0.29, 0.717) is 32.2 Å². The van der Waals surface area contributed by atoms with Crippen molar-refractivity contribution in [3.63, 3.8) is 0 Å². The van der Waals surface area contributed by atoms with Crippen LogP contribution in [0.5, 0.6) is 0 Å². The zero-order valence-electron chi connectivity index (χ0n) is 23.8. The van der Waals surface area contributed by atoms with E-state index in [4.69, 9.17) is 14.2 Å². The number of methoxy groups -OCH3 is 1. The zero-order valence-corrected chi connectivity index (χ0v) is 23.8. The Hall–Kier alpha value is -1.51. The number of benzene rings is 1. The molecule has 1 heterocycles. The second-order valence-corrected chi connectivity index (χ2v) is 11.6. The topological polar surface area (TPSA) is 54.5 Å². The highest BCUT2D eigenvalue weighted by molar-refractivity contribution is 6.03. The molecule has 0 radical (unpaired) electrons. The van der Waals surface area contributed by atoms with Gasteiger partial charge < -0.3 is 19.1 Å². The maximum Gasteiger partial charge on any atom is 0.180 e. The summed E-state index contributed by atoms with van der Waals surface area (Å²) in [5, 5.41) is 0. The third kappa shape index (κ3) is 6.93. The number of hydrogen-bond donors (Lipinski definition) is 0. The molecule has 1 aromatic carbocycles. The third-order valence-electron chi connectivity index (χ3n) is 8.93. The second-order valence-electron chi connectivity index (χ2n) is 11.6. The Kier molecular flexibility index (Phi) is 10.0. The number of nitrogens with zero attached hydrogens (tertiary/aromatic N) is 3. The summed E-state index contributed by atoms with van der Waals surface area (Å²) in [6.45, 7) is 19.4. The predicted molar refractivity (Wildman–Crippen MR) is 149 cm³/mol. The Morgan fingerprint density at radius 2 is 1.68 bits per heavy atom. The Morgan fingerprint density at radius 3 is 2.32 bits per heavy atom. The minimum absolute atomic E-state index is 0.0124. The van der Waals surface area contributed by atoms with Crippen LogP contribution in [0.3, 0.4) is 0 Å². The summed E-state index contributed by atoms with van der Waals surface area (Å²) in [4.78, 5) is 21.2. The minimum Gasteiger partial charge on any atom is -0.382 e. The first-order chi connectivity index (χ1) is 17.9. The first-order valence-electron chi connectivity index (χ1n) is 14.4. The van der Waals surface area contributed by atoms with Gasteiger partial charge >= 0.3 is 0 Å². The molecule has 1 saturated carbocycles. The number of piperazine rings is 1. The Balaban J connectivity index is 1.32. The van der Waals surface area contributed by atoms with Crippen molar-refractivity contribution in [3.05, 3.63) is 29.3 Å². The van der Waals surface area contributed by atoms with E-state index < -0.39 is 0 Å². The van der Waals surface area contributed by atoms with Gasteiger partial charge in [0.1, 0.15) is 0 Å². The zero-order chi connectivity index (χ0) is 26.4. The van der Waals surface area contributed by atoms with Crippen molar-refractivity contribution in [2.24, 2.45) is 11.8 Å². The van der Waals surface area contributed by atoms with Crippen molar-refractivity contribution in [1.29, 1.82) is 0 Å². The molecule has 0 bridgehead atoms. The van der Waals surface area contributed by atoms with E-state index in [1.807, 2.05) is 0 Å². The smallest absolute Gasteiger partial charge is 0.180 e. The summed E-state index contributed by atoms with van der Waals surface area (Å²) in [6, 6.07) is 6.61. The average molecular weight is 516 g/mol. The molecule has 0 N–H and O–H groups in total.